The van der Waals surface area contributed by atoms with Crippen molar-refractivity contribution in [2.75, 3.05) is 5.32 Å². The van der Waals surface area contributed by atoms with Crippen LogP contribution in [0.4, 0.5) is 5.82 Å². The van der Waals surface area contributed by atoms with E-state index in [9.17, 15) is 0 Å². The Morgan fingerprint density at radius 2 is 1.50 bits per heavy atom. The molecule has 0 spiro atoms. The summed E-state index contributed by atoms with van der Waals surface area (Å²) in [5.74, 6) is 1.86. The molecule has 0 radical (unpaired) electrons. The number of rotatable bonds is 5. The molecule has 0 amide bonds. The zero-order valence-electron chi connectivity index (χ0n) is 16.4. The molecule has 3 aromatic carbocycles. The predicted octanol–water partition coefficient (Wildman–Crippen LogP) is 5.27. The van der Waals surface area contributed by atoms with Crippen LogP contribution in [0.2, 0.25) is 0 Å². The van der Waals surface area contributed by atoms with Crippen LogP contribution >= 0.6 is 0 Å². The summed E-state index contributed by atoms with van der Waals surface area (Å²) in [6, 6.07) is 25.9. The minimum absolute atomic E-state index is 0.290. The Morgan fingerprint density at radius 1 is 0.767 bits per heavy atom. The first-order valence-corrected chi connectivity index (χ1v) is 9.72. The molecule has 30 heavy (non-hydrogen) atoms. The Labute approximate surface area is 173 Å². The molecule has 0 fully saturated rings. The average molecular weight is 393 g/mol. The van der Waals surface area contributed by atoms with Gasteiger partial charge in [-0.2, -0.15) is 0 Å². The van der Waals surface area contributed by atoms with Crippen molar-refractivity contribution in [3.63, 3.8) is 0 Å². The van der Waals surface area contributed by atoms with E-state index in [1.807, 2.05) is 54.6 Å². The van der Waals surface area contributed by atoms with Crippen LogP contribution < -0.4 is 5.32 Å². The minimum Gasteiger partial charge on any atom is -0.413 e. The number of fused-ring (bicyclic) bond motifs is 1. The van der Waals surface area contributed by atoms with E-state index in [2.05, 4.69) is 51.7 Å². The number of hydrogen-bond acceptors (Lipinski definition) is 6. The molecule has 0 bridgehead atoms. The first-order valence-electron chi connectivity index (χ1n) is 9.72. The highest BCUT2D eigenvalue weighted by molar-refractivity contribution is 5.90. The van der Waals surface area contributed by atoms with Crippen molar-refractivity contribution in [3.8, 4) is 23.2 Å². The Morgan fingerprint density at radius 3 is 2.33 bits per heavy atom. The zero-order chi connectivity index (χ0) is 20.3. The van der Waals surface area contributed by atoms with E-state index in [4.69, 9.17) is 9.40 Å². The van der Waals surface area contributed by atoms with Gasteiger partial charge in [-0.15, -0.1) is 10.2 Å². The van der Waals surface area contributed by atoms with Gasteiger partial charge >= 0.3 is 0 Å². The molecule has 0 aliphatic carbocycles. The number of para-hydroxylation sites is 1. The predicted molar refractivity (Wildman–Crippen MR) is 117 cm³/mol. The van der Waals surface area contributed by atoms with E-state index in [1.165, 1.54) is 11.1 Å². The molecule has 0 saturated heterocycles. The number of nitrogens with zero attached hydrogens (tertiary/aromatic N) is 4. The molecule has 5 rings (SSSR count). The first kappa shape index (κ1) is 18.0. The summed E-state index contributed by atoms with van der Waals surface area (Å²) in [6.45, 7) is 2.73. The van der Waals surface area contributed by atoms with Crippen LogP contribution in [0.3, 0.4) is 0 Å². The normalized spacial score (nSPS) is 11.0. The third kappa shape index (κ3) is 3.63. The SMILES string of the molecule is Cc1ccc(CNc2nc(-c3nnc(-c4ccccc4)o3)nc3ccccc23)cc1. The molecule has 146 valence electrons. The molecular formula is C24H19N5O. The second-order valence-electron chi connectivity index (χ2n) is 7.03. The van der Waals surface area contributed by atoms with Crippen LogP contribution in [0.25, 0.3) is 34.1 Å². The number of aryl methyl sites for hydroxylation is 1. The van der Waals surface area contributed by atoms with Crippen molar-refractivity contribution < 1.29 is 4.42 Å². The van der Waals surface area contributed by atoms with Gasteiger partial charge in [-0.25, -0.2) is 9.97 Å². The fourth-order valence-corrected chi connectivity index (χ4v) is 3.21. The van der Waals surface area contributed by atoms with E-state index in [1.54, 1.807) is 0 Å². The van der Waals surface area contributed by atoms with Crippen LogP contribution in [0.15, 0.2) is 83.3 Å². The lowest BCUT2D eigenvalue weighted by Crippen LogP contribution is -2.04. The molecule has 6 nitrogen and oxygen atoms in total. The van der Waals surface area contributed by atoms with Gasteiger partial charge in [0.1, 0.15) is 5.82 Å². The number of anilines is 1. The van der Waals surface area contributed by atoms with E-state index < -0.39 is 0 Å². The van der Waals surface area contributed by atoms with Crippen molar-refractivity contribution >= 4 is 16.7 Å². The standard InChI is InChI=1S/C24H19N5O/c1-16-11-13-17(14-12-16)15-25-21-19-9-5-6-10-20(19)26-22(27-21)24-29-28-23(30-24)18-7-3-2-4-8-18/h2-14H,15H2,1H3,(H,25,26,27). The Kier molecular flexibility index (Phi) is 4.65. The highest BCUT2D eigenvalue weighted by Gasteiger charge is 2.16. The van der Waals surface area contributed by atoms with Gasteiger partial charge in [-0.3, -0.25) is 0 Å². The number of benzene rings is 3. The van der Waals surface area contributed by atoms with Gasteiger partial charge in [0.25, 0.3) is 5.89 Å². The summed E-state index contributed by atoms with van der Waals surface area (Å²) in [5, 5.41) is 12.7. The molecule has 2 heterocycles. The molecule has 1 N–H and O–H groups in total. The number of hydrogen-bond donors (Lipinski definition) is 1. The summed E-state index contributed by atoms with van der Waals surface area (Å²) >= 11 is 0. The quantitative estimate of drug-likeness (QED) is 0.438. The highest BCUT2D eigenvalue weighted by Crippen LogP contribution is 2.26. The highest BCUT2D eigenvalue weighted by atomic mass is 16.4. The van der Waals surface area contributed by atoms with Gasteiger partial charge in [0.2, 0.25) is 11.7 Å². The van der Waals surface area contributed by atoms with Crippen molar-refractivity contribution in [2.24, 2.45) is 0 Å². The number of aromatic nitrogens is 4. The fraction of sp³-hybridized carbons (Fsp3) is 0.0833. The average Bonchev–Trinajstić information content (AvgIpc) is 3.29. The fourth-order valence-electron chi connectivity index (χ4n) is 3.21. The molecule has 2 aromatic heterocycles. The van der Waals surface area contributed by atoms with Crippen molar-refractivity contribution in [3.05, 3.63) is 90.0 Å². The summed E-state index contributed by atoms with van der Waals surface area (Å²) in [6.07, 6.45) is 0. The van der Waals surface area contributed by atoms with Crippen molar-refractivity contribution in [1.82, 2.24) is 20.2 Å². The Balaban J connectivity index is 1.50. The third-order valence-electron chi connectivity index (χ3n) is 4.82. The lowest BCUT2D eigenvalue weighted by atomic mass is 10.1. The molecule has 0 atom stereocenters. The second-order valence-corrected chi connectivity index (χ2v) is 7.03. The molecule has 0 unspecified atom stereocenters. The van der Waals surface area contributed by atoms with Gasteiger partial charge in [0.05, 0.1) is 5.52 Å². The molecular weight excluding hydrogens is 374 g/mol. The maximum Gasteiger partial charge on any atom is 0.286 e. The van der Waals surface area contributed by atoms with Gasteiger partial charge in [0.15, 0.2) is 0 Å². The van der Waals surface area contributed by atoms with E-state index in [0.29, 0.717) is 18.3 Å². The maximum atomic E-state index is 5.86. The second kappa shape index (κ2) is 7.75. The minimum atomic E-state index is 0.290. The van der Waals surface area contributed by atoms with Gasteiger partial charge in [-0.1, -0.05) is 60.2 Å². The summed E-state index contributed by atoms with van der Waals surface area (Å²) in [7, 11) is 0. The van der Waals surface area contributed by atoms with Crippen LogP contribution in [-0.2, 0) is 6.54 Å². The Hall–Kier alpha value is -4.06. The third-order valence-corrected chi connectivity index (χ3v) is 4.82. The lowest BCUT2D eigenvalue weighted by molar-refractivity contribution is 0.579. The molecule has 0 aliphatic heterocycles. The van der Waals surface area contributed by atoms with Crippen LogP contribution in [0.5, 0.6) is 0 Å². The lowest BCUT2D eigenvalue weighted by Gasteiger charge is -2.10. The summed E-state index contributed by atoms with van der Waals surface area (Å²) in [5.41, 5.74) is 4.08. The van der Waals surface area contributed by atoms with Crippen LogP contribution in [0.1, 0.15) is 11.1 Å². The molecule has 0 saturated carbocycles. The smallest absolute Gasteiger partial charge is 0.286 e. The van der Waals surface area contributed by atoms with Crippen LogP contribution in [0, 0.1) is 6.92 Å². The Bertz CT molecular complexity index is 1300. The van der Waals surface area contributed by atoms with E-state index in [0.717, 1.165) is 22.3 Å². The van der Waals surface area contributed by atoms with Crippen LogP contribution in [-0.4, -0.2) is 20.2 Å². The molecule has 0 aliphatic rings. The maximum absolute atomic E-state index is 5.86. The first-order chi connectivity index (χ1) is 14.8. The largest absolute Gasteiger partial charge is 0.413 e. The number of nitrogens with one attached hydrogen (secondary N) is 1. The van der Waals surface area contributed by atoms with E-state index in [-0.39, 0.29) is 5.89 Å². The van der Waals surface area contributed by atoms with Gasteiger partial charge in [-0.05, 0) is 36.8 Å². The summed E-state index contributed by atoms with van der Waals surface area (Å²) < 4.78 is 5.86. The monoisotopic (exact) mass is 393 g/mol. The molecule has 6 heteroatoms. The zero-order valence-corrected chi connectivity index (χ0v) is 16.4. The summed E-state index contributed by atoms with van der Waals surface area (Å²) in [4.78, 5) is 9.32. The molecule has 5 aromatic rings. The van der Waals surface area contributed by atoms with E-state index >= 15 is 0 Å². The van der Waals surface area contributed by atoms with Crippen molar-refractivity contribution in [2.45, 2.75) is 13.5 Å². The van der Waals surface area contributed by atoms with Gasteiger partial charge < -0.3 is 9.73 Å². The topological polar surface area (TPSA) is 76.7 Å². The van der Waals surface area contributed by atoms with Crippen molar-refractivity contribution in [1.29, 1.82) is 0 Å². The van der Waals surface area contributed by atoms with Gasteiger partial charge in [0, 0.05) is 17.5 Å².